The van der Waals surface area contributed by atoms with E-state index in [1.165, 1.54) is 0 Å². The lowest BCUT2D eigenvalue weighted by atomic mass is 10.3. The highest BCUT2D eigenvalue weighted by molar-refractivity contribution is 6.53. The van der Waals surface area contributed by atoms with Crippen molar-refractivity contribution in [2.24, 2.45) is 10.7 Å². The minimum atomic E-state index is -1.33. The zero-order chi connectivity index (χ0) is 8.70. The van der Waals surface area contributed by atoms with Crippen molar-refractivity contribution in [1.82, 2.24) is 5.32 Å². The Morgan fingerprint density at radius 1 is 1.36 bits per heavy atom. The molecular weight excluding hydrogens is 232 g/mol. The van der Waals surface area contributed by atoms with E-state index in [0.717, 1.165) is 0 Å². The van der Waals surface area contributed by atoms with Crippen LogP contribution in [0.2, 0.25) is 0 Å². The van der Waals surface area contributed by atoms with E-state index in [1.54, 1.807) is 0 Å². The molecule has 0 spiro atoms. The molecule has 0 aromatic rings. The van der Waals surface area contributed by atoms with Gasteiger partial charge >= 0.3 is 0 Å². The predicted molar refractivity (Wildman–Crippen MR) is 48.2 cm³/mol. The fraction of sp³-hybridized carbons (Fsp3) is 0.750. The standard InChI is InChI=1S/C4H5Cl4N3/c5-3(6)1-4(7,8)11-2(9)10-3/h1H2,(H3,9,10,11). The molecule has 3 nitrogen and oxygen atoms in total. The summed E-state index contributed by atoms with van der Waals surface area (Å²) in [4.78, 5) is 3.66. The Labute approximate surface area is 83.8 Å². The monoisotopic (exact) mass is 235 g/mol. The first-order valence-electron chi connectivity index (χ1n) is 2.70. The predicted octanol–water partition coefficient (Wildman–Crippen LogP) is 1.56. The van der Waals surface area contributed by atoms with E-state index in [1.807, 2.05) is 0 Å². The summed E-state index contributed by atoms with van der Waals surface area (Å²) in [5, 5.41) is 2.50. The SMILES string of the molecule is NC1=NC(Cl)(Cl)CC(Cl)(Cl)N1. The number of halogens is 4. The third-order valence-corrected chi connectivity index (χ3v) is 1.92. The Bertz CT molecular complexity index is 200. The third kappa shape index (κ3) is 2.75. The highest BCUT2D eigenvalue weighted by Crippen LogP contribution is 2.39. The fourth-order valence-electron chi connectivity index (χ4n) is 0.742. The van der Waals surface area contributed by atoms with Crippen molar-refractivity contribution in [2.45, 2.75) is 15.3 Å². The number of nitrogens with one attached hydrogen (secondary N) is 1. The molecule has 0 aliphatic carbocycles. The maximum atomic E-state index is 5.68. The second kappa shape index (κ2) is 2.73. The summed E-state index contributed by atoms with van der Waals surface area (Å²) < 4.78 is -2.58. The molecule has 0 aromatic carbocycles. The molecule has 1 aliphatic rings. The van der Waals surface area contributed by atoms with Crippen LogP contribution in [0.25, 0.3) is 0 Å². The van der Waals surface area contributed by atoms with Crippen LogP contribution >= 0.6 is 46.4 Å². The molecule has 0 unspecified atom stereocenters. The fourth-order valence-corrected chi connectivity index (χ4v) is 2.18. The topological polar surface area (TPSA) is 50.4 Å². The molecule has 0 saturated heterocycles. The maximum absolute atomic E-state index is 5.68. The van der Waals surface area contributed by atoms with Gasteiger partial charge in [-0.25, -0.2) is 4.99 Å². The number of hydrogen-bond donors (Lipinski definition) is 2. The summed E-state index contributed by atoms with van der Waals surface area (Å²) in [6.07, 6.45) is 0.0763. The number of aliphatic imine (C=N–C) groups is 1. The van der Waals surface area contributed by atoms with Crippen LogP contribution in [-0.4, -0.2) is 14.9 Å². The lowest BCUT2D eigenvalue weighted by Gasteiger charge is -2.31. The summed E-state index contributed by atoms with van der Waals surface area (Å²) >= 11 is 22.6. The molecule has 0 radical (unpaired) electrons. The minimum absolute atomic E-state index is 0.0336. The first-order valence-corrected chi connectivity index (χ1v) is 4.21. The average Bonchev–Trinajstić information content (AvgIpc) is 1.49. The van der Waals surface area contributed by atoms with Crippen LogP contribution in [0, 0.1) is 0 Å². The number of nitrogens with zero attached hydrogens (tertiary/aromatic N) is 1. The van der Waals surface area contributed by atoms with E-state index in [9.17, 15) is 0 Å². The molecule has 11 heavy (non-hydrogen) atoms. The second-order valence-corrected chi connectivity index (χ2v) is 5.10. The highest BCUT2D eigenvalue weighted by Gasteiger charge is 2.40. The summed E-state index contributed by atoms with van der Waals surface area (Å²) in [5.41, 5.74) is 5.29. The number of hydrogen-bond acceptors (Lipinski definition) is 3. The molecule has 1 aliphatic heterocycles. The quantitative estimate of drug-likeness (QED) is 0.496. The molecular formula is C4H5Cl4N3. The summed E-state index contributed by atoms with van der Waals surface area (Å²) in [5.74, 6) is 0.0336. The van der Waals surface area contributed by atoms with E-state index in [4.69, 9.17) is 52.1 Å². The molecule has 64 valence electrons. The molecule has 7 heteroatoms. The van der Waals surface area contributed by atoms with Crippen LogP contribution < -0.4 is 11.1 Å². The van der Waals surface area contributed by atoms with Gasteiger partial charge in [-0.3, -0.25) is 0 Å². The van der Waals surface area contributed by atoms with Crippen molar-refractivity contribution in [3.05, 3.63) is 0 Å². The van der Waals surface area contributed by atoms with Gasteiger partial charge in [0.2, 0.25) is 4.46 Å². The van der Waals surface area contributed by atoms with Crippen LogP contribution in [0.5, 0.6) is 0 Å². The third-order valence-electron chi connectivity index (χ3n) is 1.03. The largest absolute Gasteiger partial charge is 0.370 e. The van der Waals surface area contributed by atoms with Gasteiger partial charge < -0.3 is 11.1 Å². The van der Waals surface area contributed by atoms with E-state index >= 15 is 0 Å². The molecule has 1 heterocycles. The van der Waals surface area contributed by atoms with Gasteiger partial charge in [0, 0.05) is 0 Å². The Hall–Kier alpha value is 0.430. The van der Waals surface area contributed by atoms with Crippen molar-refractivity contribution in [3.8, 4) is 0 Å². The molecule has 0 fully saturated rings. The molecule has 0 atom stereocenters. The van der Waals surface area contributed by atoms with Crippen molar-refractivity contribution in [1.29, 1.82) is 0 Å². The Kier molecular flexibility index (Phi) is 2.36. The lowest BCUT2D eigenvalue weighted by Crippen LogP contribution is -2.51. The second-order valence-electron chi connectivity index (χ2n) is 2.17. The Morgan fingerprint density at radius 2 is 1.91 bits per heavy atom. The van der Waals surface area contributed by atoms with Gasteiger partial charge in [-0.05, 0) is 0 Å². The van der Waals surface area contributed by atoms with Crippen LogP contribution in [0.4, 0.5) is 0 Å². The van der Waals surface area contributed by atoms with E-state index in [-0.39, 0.29) is 12.4 Å². The van der Waals surface area contributed by atoms with Gasteiger partial charge in [-0.2, -0.15) is 0 Å². The number of rotatable bonds is 0. The highest BCUT2D eigenvalue weighted by atomic mass is 35.5. The zero-order valence-electron chi connectivity index (χ0n) is 5.24. The van der Waals surface area contributed by atoms with Crippen LogP contribution in [0.3, 0.4) is 0 Å². The smallest absolute Gasteiger partial charge is 0.215 e. The van der Waals surface area contributed by atoms with Gasteiger partial charge in [-0.15, -0.1) is 0 Å². The normalized spacial score (nSPS) is 27.1. The Balaban J connectivity index is 2.86. The van der Waals surface area contributed by atoms with Gasteiger partial charge in [0.1, 0.15) is 0 Å². The molecule has 3 N–H and O–H groups in total. The molecule has 0 amide bonds. The van der Waals surface area contributed by atoms with E-state index in [0.29, 0.717) is 0 Å². The molecule has 0 bridgehead atoms. The lowest BCUT2D eigenvalue weighted by molar-refractivity contribution is 0.567. The van der Waals surface area contributed by atoms with Crippen LogP contribution in [-0.2, 0) is 0 Å². The van der Waals surface area contributed by atoms with Crippen molar-refractivity contribution in [2.75, 3.05) is 0 Å². The first-order chi connectivity index (χ1) is 4.81. The van der Waals surface area contributed by atoms with E-state index < -0.39 is 8.91 Å². The molecule has 1 rings (SSSR count). The van der Waals surface area contributed by atoms with E-state index in [2.05, 4.69) is 10.3 Å². The van der Waals surface area contributed by atoms with Gasteiger partial charge in [0.05, 0.1) is 6.42 Å². The zero-order valence-corrected chi connectivity index (χ0v) is 8.27. The minimum Gasteiger partial charge on any atom is -0.370 e. The van der Waals surface area contributed by atoms with Gasteiger partial charge in [0.25, 0.3) is 0 Å². The number of alkyl halides is 4. The average molecular weight is 237 g/mol. The summed E-state index contributed by atoms with van der Waals surface area (Å²) in [6.45, 7) is 0. The van der Waals surface area contributed by atoms with Crippen LogP contribution in [0.15, 0.2) is 4.99 Å². The van der Waals surface area contributed by atoms with Crippen molar-refractivity contribution >= 4 is 52.4 Å². The van der Waals surface area contributed by atoms with Crippen LogP contribution in [0.1, 0.15) is 6.42 Å². The van der Waals surface area contributed by atoms with Gasteiger partial charge in [-0.1, -0.05) is 46.4 Å². The number of guanidine groups is 1. The maximum Gasteiger partial charge on any atom is 0.215 e. The number of nitrogens with two attached hydrogens (primary N) is 1. The molecule has 0 saturated carbocycles. The molecule has 0 aromatic heterocycles. The Morgan fingerprint density at radius 3 is 2.27 bits per heavy atom. The van der Waals surface area contributed by atoms with Crippen molar-refractivity contribution in [3.63, 3.8) is 0 Å². The summed E-state index contributed by atoms with van der Waals surface area (Å²) in [7, 11) is 0. The summed E-state index contributed by atoms with van der Waals surface area (Å²) in [6, 6.07) is 0. The first kappa shape index (κ1) is 9.52. The van der Waals surface area contributed by atoms with Gasteiger partial charge in [0.15, 0.2) is 10.4 Å². The van der Waals surface area contributed by atoms with Crippen molar-refractivity contribution < 1.29 is 0 Å².